The van der Waals surface area contributed by atoms with Gasteiger partial charge in [-0.1, -0.05) is 20.8 Å². The van der Waals surface area contributed by atoms with Gasteiger partial charge in [-0.3, -0.25) is 4.90 Å². The molecule has 0 bridgehead atoms. The standard InChI is InChI=1S/C8H18FN.C2H6/c1-5-10(7(2)3)6-8(4)9;1-2/h7-8H,5-6H2,1-4H3;1-2H3. The molecule has 0 saturated carbocycles. The molecule has 2 heteroatoms. The summed E-state index contributed by atoms with van der Waals surface area (Å²) >= 11 is 0. The second-order valence-electron chi connectivity index (χ2n) is 2.96. The molecule has 1 unspecified atom stereocenters. The molecule has 0 radical (unpaired) electrons. The van der Waals surface area contributed by atoms with Crippen LogP contribution in [0.25, 0.3) is 0 Å². The van der Waals surface area contributed by atoms with Crippen molar-refractivity contribution in [2.75, 3.05) is 13.1 Å². The highest BCUT2D eigenvalue weighted by Crippen LogP contribution is 2.00. The summed E-state index contributed by atoms with van der Waals surface area (Å²) in [4.78, 5) is 2.12. The van der Waals surface area contributed by atoms with Crippen LogP contribution < -0.4 is 0 Å². The van der Waals surface area contributed by atoms with Gasteiger partial charge in [0.25, 0.3) is 0 Å². The zero-order valence-electron chi connectivity index (χ0n) is 9.39. The number of rotatable bonds is 4. The fourth-order valence-electron chi connectivity index (χ4n) is 1.03. The van der Waals surface area contributed by atoms with Gasteiger partial charge in [-0.25, -0.2) is 4.39 Å². The number of nitrogens with zero attached hydrogens (tertiary/aromatic N) is 1. The van der Waals surface area contributed by atoms with Crippen LogP contribution in [0, 0.1) is 0 Å². The summed E-state index contributed by atoms with van der Waals surface area (Å²) < 4.78 is 12.5. The Labute approximate surface area is 77.0 Å². The first-order chi connectivity index (χ1) is 5.57. The van der Waals surface area contributed by atoms with Gasteiger partial charge in [0.1, 0.15) is 6.17 Å². The fourth-order valence-corrected chi connectivity index (χ4v) is 1.03. The van der Waals surface area contributed by atoms with Crippen LogP contribution in [0.3, 0.4) is 0 Å². The summed E-state index contributed by atoms with van der Waals surface area (Å²) in [5.41, 5.74) is 0. The summed E-state index contributed by atoms with van der Waals surface area (Å²) in [6.07, 6.45) is -0.706. The molecule has 0 N–H and O–H groups in total. The molecule has 0 saturated heterocycles. The first-order valence-corrected chi connectivity index (χ1v) is 4.96. The van der Waals surface area contributed by atoms with Crippen LogP contribution in [0.2, 0.25) is 0 Å². The minimum atomic E-state index is -0.706. The van der Waals surface area contributed by atoms with Crippen LogP contribution in [0.15, 0.2) is 0 Å². The van der Waals surface area contributed by atoms with E-state index in [9.17, 15) is 4.39 Å². The van der Waals surface area contributed by atoms with Crippen LogP contribution in [-0.2, 0) is 0 Å². The molecule has 1 nitrogen and oxygen atoms in total. The van der Waals surface area contributed by atoms with Crippen LogP contribution in [0.1, 0.15) is 41.5 Å². The van der Waals surface area contributed by atoms with Gasteiger partial charge < -0.3 is 0 Å². The van der Waals surface area contributed by atoms with Gasteiger partial charge in [-0.05, 0) is 27.3 Å². The minimum absolute atomic E-state index is 0.461. The van der Waals surface area contributed by atoms with Crippen LogP contribution in [0.4, 0.5) is 4.39 Å². The van der Waals surface area contributed by atoms with E-state index in [0.717, 1.165) is 6.54 Å². The summed E-state index contributed by atoms with van der Waals surface area (Å²) in [7, 11) is 0. The molecule has 0 aliphatic carbocycles. The van der Waals surface area contributed by atoms with E-state index in [4.69, 9.17) is 0 Å². The van der Waals surface area contributed by atoms with Crippen molar-refractivity contribution >= 4 is 0 Å². The number of hydrogen-bond acceptors (Lipinski definition) is 1. The summed E-state index contributed by atoms with van der Waals surface area (Å²) in [6.45, 7) is 13.3. The molecule has 0 aromatic carbocycles. The smallest absolute Gasteiger partial charge is 0.110 e. The number of hydrogen-bond donors (Lipinski definition) is 0. The van der Waals surface area contributed by atoms with E-state index in [2.05, 4.69) is 25.7 Å². The Kier molecular flexibility index (Phi) is 10.8. The minimum Gasteiger partial charge on any atom is -0.298 e. The van der Waals surface area contributed by atoms with Crippen molar-refractivity contribution < 1.29 is 4.39 Å². The highest BCUT2D eigenvalue weighted by atomic mass is 19.1. The van der Waals surface area contributed by atoms with Gasteiger partial charge in [0.2, 0.25) is 0 Å². The first-order valence-electron chi connectivity index (χ1n) is 4.96. The molecule has 0 rings (SSSR count). The lowest BCUT2D eigenvalue weighted by molar-refractivity contribution is 0.175. The Bertz CT molecular complexity index is 81.9. The van der Waals surface area contributed by atoms with E-state index < -0.39 is 6.17 Å². The fraction of sp³-hybridized carbons (Fsp3) is 1.00. The van der Waals surface area contributed by atoms with Crippen LogP contribution >= 0.6 is 0 Å². The maximum Gasteiger partial charge on any atom is 0.110 e. The highest BCUT2D eigenvalue weighted by Gasteiger charge is 2.09. The Morgan fingerprint density at radius 2 is 1.58 bits per heavy atom. The average molecular weight is 177 g/mol. The Hall–Kier alpha value is -0.110. The Morgan fingerprint density at radius 1 is 1.17 bits per heavy atom. The van der Waals surface area contributed by atoms with Gasteiger partial charge in [0.15, 0.2) is 0 Å². The average Bonchev–Trinajstić information content (AvgIpc) is 2.03. The van der Waals surface area contributed by atoms with Crippen LogP contribution in [-0.4, -0.2) is 30.2 Å². The van der Waals surface area contributed by atoms with Crippen molar-refractivity contribution in [1.29, 1.82) is 0 Å². The Morgan fingerprint density at radius 3 is 1.67 bits per heavy atom. The zero-order valence-corrected chi connectivity index (χ0v) is 9.39. The molecule has 0 heterocycles. The van der Waals surface area contributed by atoms with E-state index in [1.165, 1.54) is 0 Å². The predicted molar refractivity (Wildman–Crippen MR) is 54.3 cm³/mol. The lowest BCUT2D eigenvalue weighted by Crippen LogP contribution is -2.35. The van der Waals surface area contributed by atoms with Crippen molar-refractivity contribution in [3.05, 3.63) is 0 Å². The highest BCUT2D eigenvalue weighted by molar-refractivity contribution is 4.63. The normalized spacial score (nSPS) is 12.8. The van der Waals surface area contributed by atoms with Crippen molar-refractivity contribution in [3.8, 4) is 0 Å². The molecule has 0 aromatic rings. The third-order valence-corrected chi connectivity index (χ3v) is 1.62. The Balaban J connectivity index is 0. The molecule has 0 amide bonds. The second kappa shape index (κ2) is 8.98. The van der Waals surface area contributed by atoms with Crippen molar-refractivity contribution in [2.24, 2.45) is 0 Å². The maximum atomic E-state index is 12.5. The monoisotopic (exact) mass is 177 g/mol. The molecule has 0 fully saturated rings. The van der Waals surface area contributed by atoms with E-state index in [1.807, 2.05) is 13.8 Å². The topological polar surface area (TPSA) is 3.24 Å². The molecule has 0 spiro atoms. The molecule has 0 aliphatic rings. The molecule has 12 heavy (non-hydrogen) atoms. The number of alkyl halides is 1. The van der Waals surface area contributed by atoms with Gasteiger partial charge in [-0.2, -0.15) is 0 Å². The summed E-state index contributed by atoms with van der Waals surface area (Å²) in [5.74, 6) is 0. The summed E-state index contributed by atoms with van der Waals surface area (Å²) in [6, 6.07) is 0.461. The van der Waals surface area contributed by atoms with Crippen molar-refractivity contribution in [2.45, 2.75) is 53.8 Å². The number of halogens is 1. The van der Waals surface area contributed by atoms with Crippen molar-refractivity contribution in [1.82, 2.24) is 4.90 Å². The first kappa shape index (κ1) is 14.4. The third kappa shape index (κ3) is 7.99. The second-order valence-corrected chi connectivity index (χ2v) is 2.96. The summed E-state index contributed by atoms with van der Waals surface area (Å²) in [5, 5.41) is 0. The lowest BCUT2D eigenvalue weighted by atomic mass is 10.3. The SMILES string of the molecule is CC.CCN(CC(C)F)C(C)C. The van der Waals surface area contributed by atoms with E-state index in [-0.39, 0.29) is 0 Å². The molecule has 1 atom stereocenters. The molecular weight excluding hydrogens is 153 g/mol. The third-order valence-electron chi connectivity index (χ3n) is 1.62. The van der Waals surface area contributed by atoms with Gasteiger partial charge in [0, 0.05) is 12.6 Å². The molecular formula is C10H24FN. The quantitative estimate of drug-likeness (QED) is 0.638. The lowest BCUT2D eigenvalue weighted by Gasteiger charge is -2.24. The molecule has 0 aliphatic heterocycles. The van der Waals surface area contributed by atoms with Crippen LogP contribution in [0.5, 0.6) is 0 Å². The molecule has 76 valence electrons. The van der Waals surface area contributed by atoms with Crippen molar-refractivity contribution in [3.63, 3.8) is 0 Å². The van der Waals surface area contributed by atoms with Gasteiger partial charge in [-0.15, -0.1) is 0 Å². The van der Waals surface area contributed by atoms with E-state index in [1.54, 1.807) is 6.92 Å². The largest absolute Gasteiger partial charge is 0.298 e. The molecule has 0 aromatic heterocycles. The predicted octanol–water partition coefficient (Wildman–Crippen LogP) is 3.10. The maximum absolute atomic E-state index is 12.5. The van der Waals surface area contributed by atoms with E-state index in [0.29, 0.717) is 12.6 Å². The van der Waals surface area contributed by atoms with E-state index >= 15 is 0 Å². The zero-order chi connectivity index (χ0) is 10.1. The van der Waals surface area contributed by atoms with Gasteiger partial charge in [0.05, 0.1) is 0 Å². The van der Waals surface area contributed by atoms with Gasteiger partial charge >= 0.3 is 0 Å².